The van der Waals surface area contributed by atoms with Gasteiger partial charge in [-0.3, -0.25) is 9.59 Å². The summed E-state index contributed by atoms with van der Waals surface area (Å²) in [5, 5.41) is 9.38. The summed E-state index contributed by atoms with van der Waals surface area (Å²) in [6.07, 6.45) is 2.15. The number of rotatable bonds is 7. The van der Waals surface area contributed by atoms with Crippen molar-refractivity contribution in [2.45, 2.75) is 25.9 Å². The zero-order chi connectivity index (χ0) is 19.9. The summed E-state index contributed by atoms with van der Waals surface area (Å²) in [6.45, 7) is 3.26. The van der Waals surface area contributed by atoms with Crippen LogP contribution in [0.15, 0.2) is 42.5 Å². The van der Waals surface area contributed by atoms with E-state index in [1.165, 1.54) is 0 Å². The molecular formula is C21H24ClN3O3. The minimum atomic E-state index is -0.177. The Morgan fingerprint density at radius 1 is 1.18 bits per heavy atom. The Kier molecular flexibility index (Phi) is 6.90. The summed E-state index contributed by atoms with van der Waals surface area (Å²) in [4.78, 5) is 24.3. The zero-order valence-corrected chi connectivity index (χ0v) is 16.5. The second-order valence-corrected chi connectivity index (χ2v) is 7.14. The van der Waals surface area contributed by atoms with E-state index in [0.717, 1.165) is 30.7 Å². The van der Waals surface area contributed by atoms with E-state index in [9.17, 15) is 9.59 Å². The van der Waals surface area contributed by atoms with Crippen LogP contribution >= 0.6 is 11.6 Å². The highest BCUT2D eigenvalue weighted by atomic mass is 35.5. The van der Waals surface area contributed by atoms with Crippen molar-refractivity contribution in [1.29, 1.82) is 0 Å². The molecular weight excluding hydrogens is 378 g/mol. The van der Waals surface area contributed by atoms with Crippen molar-refractivity contribution in [2.75, 3.05) is 30.3 Å². The number of nitrogens with one attached hydrogen (secondary N) is 3. The van der Waals surface area contributed by atoms with Crippen LogP contribution in [0.5, 0.6) is 0 Å². The predicted octanol–water partition coefficient (Wildman–Crippen LogP) is 3.61. The third-order valence-electron chi connectivity index (χ3n) is 4.66. The van der Waals surface area contributed by atoms with Gasteiger partial charge < -0.3 is 20.7 Å². The fraction of sp³-hybridized carbons (Fsp3) is 0.333. The molecule has 1 atom stereocenters. The molecule has 148 valence electrons. The van der Waals surface area contributed by atoms with Gasteiger partial charge in [-0.25, -0.2) is 0 Å². The fourth-order valence-electron chi connectivity index (χ4n) is 2.97. The van der Waals surface area contributed by atoms with Crippen LogP contribution in [0.1, 0.15) is 28.8 Å². The number of ether oxygens (including phenoxy) is 1. The number of benzene rings is 2. The van der Waals surface area contributed by atoms with Gasteiger partial charge in [0.2, 0.25) is 5.91 Å². The highest BCUT2D eigenvalue weighted by Crippen LogP contribution is 2.22. The van der Waals surface area contributed by atoms with Crippen molar-refractivity contribution in [1.82, 2.24) is 5.32 Å². The lowest BCUT2D eigenvalue weighted by Crippen LogP contribution is -2.31. The molecule has 0 spiro atoms. The Labute approximate surface area is 169 Å². The molecule has 0 aromatic heterocycles. The minimum absolute atomic E-state index is 0.108. The second-order valence-electron chi connectivity index (χ2n) is 6.74. The van der Waals surface area contributed by atoms with Gasteiger partial charge >= 0.3 is 0 Å². The molecule has 1 aliphatic heterocycles. The van der Waals surface area contributed by atoms with E-state index < -0.39 is 0 Å². The van der Waals surface area contributed by atoms with Crippen molar-refractivity contribution in [2.24, 2.45) is 0 Å². The zero-order valence-electron chi connectivity index (χ0n) is 15.8. The first kappa shape index (κ1) is 20.2. The summed E-state index contributed by atoms with van der Waals surface area (Å²) in [7, 11) is 0. The minimum Gasteiger partial charge on any atom is -0.376 e. The molecule has 6 nitrogen and oxygen atoms in total. The Morgan fingerprint density at radius 2 is 1.96 bits per heavy atom. The van der Waals surface area contributed by atoms with Crippen LogP contribution in [0.2, 0.25) is 5.02 Å². The van der Waals surface area contributed by atoms with Gasteiger partial charge in [0.05, 0.1) is 12.6 Å². The van der Waals surface area contributed by atoms with Gasteiger partial charge in [-0.15, -0.1) is 0 Å². The van der Waals surface area contributed by atoms with Gasteiger partial charge in [-0.2, -0.15) is 0 Å². The summed E-state index contributed by atoms with van der Waals surface area (Å²) in [5.74, 6) is -0.306. The summed E-state index contributed by atoms with van der Waals surface area (Å²) in [5.41, 5.74) is 2.85. The quantitative estimate of drug-likeness (QED) is 0.662. The third-order valence-corrected chi connectivity index (χ3v) is 5.07. The lowest BCUT2D eigenvalue weighted by Gasteiger charge is -2.12. The van der Waals surface area contributed by atoms with E-state index in [2.05, 4.69) is 16.0 Å². The van der Waals surface area contributed by atoms with Crippen LogP contribution in [0.25, 0.3) is 0 Å². The number of carbonyl (C=O) groups is 2. The average molecular weight is 402 g/mol. The van der Waals surface area contributed by atoms with E-state index in [1.807, 2.05) is 13.0 Å². The van der Waals surface area contributed by atoms with Gasteiger partial charge in [0.1, 0.15) is 0 Å². The summed E-state index contributed by atoms with van der Waals surface area (Å²) >= 11 is 6.06. The van der Waals surface area contributed by atoms with Gasteiger partial charge in [-0.05, 0) is 61.7 Å². The highest BCUT2D eigenvalue weighted by Gasteiger charge is 2.16. The molecule has 1 unspecified atom stereocenters. The van der Waals surface area contributed by atoms with Crippen LogP contribution in [0, 0.1) is 6.92 Å². The highest BCUT2D eigenvalue weighted by molar-refractivity contribution is 6.31. The maximum Gasteiger partial charge on any atom is 0.251 e. The molecule has 3 N–H and O–H groups in total. The smallest absolute Gasteiger partial charge is 0.251 e. The second kappa shape index (κ2) is 9.57. The van der Waals surface area contributed by atoms with Crippen LogP contribution in [-0.4, -0.2) is 37.6 Å². The van der Waals surface area contributed by atoms with Crippen molar-refractivity contribution in [3.63, 3.8) is 0 Å². The fourth-order valence-corrected chi connectivity index (χ4v) is 3.15. The lowest BCUT2D eigenvalue weighted by molar-refractivity contribution is -0.114. The Balaban J connectivity index is 1.46. The molecule has 2 aromatic rings. The first-order valence-corrected chi connectivity index (χ1v) is 9.69. The Hall–Kier alpha value is -2.57. The Bertz CT molecular complexity index is 833. The van der Waals surface area contributed by atoms with Gasteiger partial charge in [0.15, 0.2) is 0 Å². The molecule has 0 bridgehead atoms. The van der Waals surface area contributed by atoms with Gasteiger partial charge in [-0.1, -0.05) is 17.7 Å². The standard InChI is InChI=1S/C21H24ClN3O3/c1-14-18(22)5-2-6-19(14)25-20(26)13-23-16-9-7-15(8-10-16)21(27)24-12-17-4-3-11-28-17/h2,5-10,17,23H,3-4,11-13H2,1H3,(H,24,27)(H,25,26). The number of hydrogen-bond acceptors (Lipinski definition) is 4. The number of anilines is 2. The van der Waals surface area contributed by atoms with Crippen LogP contribution in [0.3, 0.4) is 0 Å². The molecule has 0 aliphatic carbocycles. The van der Waals surface area contributed by atoms with Crippen LogP contribution < -0.4 is 16.0 Å². The van der Waals surface area contributed by atoms with E-state index in [0.29, 0.717) is 22.8 Å². The molecule has 2 amide bonds. The maximum absolute atomic E-state index is 12.2. The summed E-state index contributed by atoms with van der Waals surface area (Å²) < 4.78 is 5.50. The SMILES string of the molecule is Cc1c(Cl)cccc1NC(=O)CNc1ccc(C(=O)NCC2CCCO2)cc1. The molecule has 1 saturated heterocycles. The van der Waals surface area contributed by atoms with Crippen molar-refractivity contribution in [3.05, 3.63) is 58.6 Å². The number of hydrogen-bond donors (Lipinski definition) is 3. The number of amides is 2. The lowest BCUT2D eigenvalue weighted by atomic mass is 10.2. The summed E-state index contributed by atoms with van der Waals surface area (Å²) in [6, 6.07) is 12.4. The third kappa shape index (κ3) is 5.47. The molecule has 0 radical (unpaired) electrons. The maximum atomic E-state index is 12.2. The van der Waals surface area contributed by atoms with Gasteiger partial charge in [0, 0.05) is 35.1 Å². The van der Waals surface area contributed by atoms with Crippen molar-refractivity contribution in [3.8, 4) is 0 Å². The van der Waals surface area contributed by atoms with E-state index in [1.54, 1.807) is 36.4 Å². The molecule has 0 saturated carbocycles. The molecule has 2 aromatic carbocycles. The van der Waals surface area contributed by atoms with E-state index in [4.69, 9.17) is 16.3 Å². The molecule has 3 rings (SSSR count). The molecule has 1 aliphatic rings. The van der Waals surface area contributed by atoms with Gasteiger partial charge in [0.25, 0.3) is 5.91 Å². The van der Waals surface area contributed by atoms with Crippen LogP contribution in [0.4, 0.5) is 11.4 Å². The van der Waals surface area contributed by atoms with E-state index in [-0.39, 0.29) is 24.5 Å². The number of carbonyl (C=O) groups excluding carboxylic acids is 2. The normalized spacial score (nSPS) is 15.9. The molecule has 28 heavy (non-hydrogen) atoms. The van der Waals surface area contributed by atoms with Crippen molar-refractivity contribution < 1.29 is 14.3 Å². The average Bonchev–Trinajstić information content (AvgIpc) is 3.22. The first-order valence-electron chi connectivity index (χ1n) is 9.31. The molecule has 1 fully saturated rings. The molecule has 1 heterocycles. The molecule has 7 heteroatoms. The Morgan fingerprint density at radius 3 is 2.68 bits per heavy atom. The number of halogens is 1. The topological polar surface area (TPSA) is 79.5 Å². The van der Waals surface area contributed by atoms with Crippen LogP contribution in [-0.2, 0) is 9.53 Å². The van der Waals surface area contributed by atoms with E-state index >= 15 is 0 Å². The van der Waals surface area contributed by atoms with Crippen molar-refractivity contribution >= 4 is 34.8 Å². The largest absolute Gasteiger partial charge is 0.376 e. The monoisotopic (exact) mass is 401 g/mol. The first-order chi connectivity index (χ1) is 13.5. The predicted molar refractivity (Wildman–Crippen MR) is 111 cm³/mol.